The molecule has 0 saturated carbocycles. The third-order valence-electron chi connectivity index (χ3n) is 4.51. The third kappa shape index (κ3) is 6.11. The Balaban J connectivity index is 1.94. The molecule has 1 amide bonds. The van der Waals surface area contributed by atoms with Gasteiger partial charge in [0.2, 0.25) is 15.9 Å². The summed E-state index contributed by atoms with van der Waals surface area (Å²) in [4.78, 5) is 12.4. The Labute approximate surface area is 178 Å². The van der Waals surface area contributed by atoms with Crippen molar-refractivity contribution in [2.75, 3.05) is 45.0 Å². The quantitative estimate of drug-likeness (QED) is 0.563. The van der Waals surface area contributed by atoms with Gasteiger partial charge in [0.15, 0.2) is 11.5 Å². The number of amides is 1. The highest BCUT2D eigenvalue weighted by Gasteiger charge is 2.19. The fourth-order valence-electron chi connectivity index (χ4n) is 2.73. The van der Waals surface area contributed by atoms with E-state index in [1.165, 1.54) is 23.5 Å². The Kier molecular flexibility index (Phi) is 8.49. The second-order valence-corrected chi connectivity index (χ2v) is 8.72. The van der Waals surface area contributed by atoms with Crippen LogP contribution in [0.4, 0.5) is 11.4 Å². The molecule has 9 heteroatoms. The highest BCUT2D eigenvalue weighted by molar-refractivity contribution is 7.89. The molecular weight excluding hydrogens is 406 g/mol. The van der Waals surface area contributed by atoms with E-state index in [1.807, 2.05) is 6.92 Å². The summed E-state index contributed by atoms with van der Waals surface area (Å²) in [6.07, 6.45) is 1.73. The molecule has 0 atom stereocenters. The highest BCUT2D eigenvalue weighted by atomic mass is 32.2. The maximum atomic E-state index is 12.5. The molecule has 2 rings (SSSR count). The lowest BCUT2D eigenvalue weighted by Crippen LogP contribution is -2.28. The number of methoxy groups -OCH3 is 2. The Morgan fingerprint density at radius 1 is 1.00 bits per heavy atom. The number of unbranched alkanes of at least 4 members (excludes halogenated alkanes) is 1. The van der Waals surface area contributed by atoms with E-state index in [0.717, 1.165) is 12.8 Å². The number of nitrogens with zero attached hydrogens (tertiary/aromatic N) is 1. The van der Waals surface area contributed by atoms with Crippen molar-refractivity contribution >= 4 is 27.3 Å². The number of nitrogens with one attached hydrogen (secondary N) is 2. The van der Waals surface area contributed by atoms with Crippen LogP contribution in [0.25, 0.3) is 0 Å². The monoisotopic (exact) mass is 435 g/mol. The fourth-order valence-corrected chi connectivity index (χ4v) is 3.94. The Morgan fingerprint density at radius 2 is 1.63 bits per heavy atom. The number of hydrogen-bond donors (Lipinski definition) is 2. The molecule has 0 unspecified atom stereocenters. The van der Waals surface area contributed by atoms with Crippen LogP contribution in [0.2, 0.25) is 0 Å². The zero-order valence-electron chi connectivity index (χ0n) is 17.8. The summed E-state index contributed by atoms with van der Waals surface area (Å²) >= 11 is 0. The molecule has 0 heterocycles. The lowest BCUT2D eigenvalue weighted by molar-refractivity contribution is -0.114. The molecule has 2 aromatic carbocycles. The van der Waals surface area contributed by atoms with E-state index in [0.29, 0.717) is 29.4 Å². The van der Waals surface area contributed by atoms with Crippen LogP contribution in [-0.4, -0.2) is 53.0 Å². The number of ether oxygens (including phenoxy) is 2. The predicted octanol–water partition coefficient (Wildman–Crippen LogP) is 3.18. The van der Waals surface area contributed by atoms with Crippen molar-refractivity contribution in [1.29, 1.82) is 0 Å². The molecule has 164 valence electrons. The summed E-state index contributed by atoms with van der Waals surface area (Å²) < 4.78 is 36.8. The van der Waals surface area contributed by atoms with E-state index in [1.54, 1.807) is 44.5 Å². The van der Waals surface area contributed by atoms with Crippen LogP contribution in [-0.2, 0) is 14.8 Å². The van der Waals surface area contributed by atoms with Crippen molar-refractivity contribution in [2.45, 2.75) is 24.7 Å². The Hall–Kier alpha value is -2.78. The molecule has 0 aliphatic heterocycles. The number of anilines is 2. The van der Waals surface area contributed by atoms with Crippen LogP contribution in [0.5, 0.6) is 11.5 Å². The average Bonchev–Trinajstić information content (AvgIpc) is 2.76. The largest absolute Gasteiger partial charge is 0.493 e. The summed E-state index contributed by atoms with van der Waals surface area (Å²) in [6.45, 7) is 2.52. The summed E-state index contributed by atoms with van der Waals surface area (Å²) in [5, 5.41) is 5.75. The van der Waals surface area contributed by atoms with E-state index in [-0.39, 0.29) is 17.3 Å². The number of carbonyl (C=O) groups excluding carboxylic acids is 1. The average molecular weight is 436 g/mol. The van der Waals surface area contributed by atoms with Crippen LogP contribution in [0.15, 0.2) is 47.4 Å². The number of carbonyl (C=O) groups is 1. The van der Waals surface area contributed by atoms with Gasteiger partial charge >= 0.3 is 0 Å². The van der Waals surface area contributed by atoms with Crippen LogP contribution in [0.3, 0.4) is 0 Å². The minimum Gasteiger partial charge on any atom is -0.493 e. The van der Waals surface area contributed by atoms with Crippen LogP contribution >= 0.6 is 0 Å². The predicted molar refractivity (Wildman–Crippen MR) is 118 cm³/mol. The smallest absolute Gasteiger partial charge is 0.243 e. The first-order chi connectivity index (χ1) is 14.3. The summed E-state index contributed by atoms with van der Waals surface area (Å²) in [5.74, 6) is 0.839. The zero-order chi connectivity index (χ0) is 22.1. The molecular formula is C21H29N3O5S. The lowest BCUT2D eigenvalue weighted by atomic mass is 10.2. The number of hydrogen-bond acceptors (Lipinski definition) is 6. The van der Waals surface area contributed by atoms with E-state index < -0.39 is 10.0 Å². The maximum absolute atomic E-state index is 12.5. The van der Waals surface area contributed by atoms with Gasteiger partial charge in [0.1, 0.15) is 0 Å². The van der Waals surface area contributed by atoms with Crippen molar-refractivity contribution in [2.24, 2.45) is 0 Å². The van der Waals surface area contributed by atoms with Gasteiger partial charge in [-0.1, -0.05) is 13.3 Å². The molecule has 0 saturated heterocycles. The van der Waals surface area contributed by atoms with Gasteiger partial charge in [0, 0.05) is 31.0 Å². The van der Waals surface area contributed by atoms with E-state index in [2.05, 4.69) is 10.6 Å². The topological polar surface area (TPSA) is 97.0 Å². The normalized spacial score (nSPS) is 11.2. The van der Waals surface area contributed by atoms with Gasteiger partial charge in [-0.3, -0.25) is 4.79 Å². The SMILES string of the molecule is CCCCN(C)S(=O)(=O)c1ccc(NCC(=O)Nc2ccc(OC)c(OC)c2)cc1. The van der Waals surface area contributed by atoms with E-state index in [4.69, 9.17) is 9.47 Å². The van der Waals surface area contributed by atoms with Crippen molar-refractivity contribution in [1.82, 2.24) is 4.31 Å². The molecule has 30 heavy (non-hydrogen) atoms. The van der Waals surface area contributed by atoms with E-state index >= 15 is 0 Å². The van der Waals surface area contributed by atoms with Crippen LogP contribution < -0.4 is 20.1 Å². The van der Waals surface area contributed by atoms with Crippen molar-refractivity contribution in [3.63, 3.8) is 0 Å². The van der Waals surface area contributed by atoms with Gasteiger partial charge in [-0.05, 0) is 42.8 Å². The van der Waals surface area contributed by atoms with Crippen molar-refractivity contribution < 1.29 is 22.7 Å². The van der Waals surface area contributed by atoms with Crippen molar-refractivity contribution in [3.8, 4) is 11.5 Å². The number of sulfonamides is 1. The maximum Gasteiger partial charge on any atom is 0.243 e. The summed E-state index contributed by atoms with van der Waals surface area (Å²) in [5.41, 5.74) is 1.23. The van der Waals surface area contributed by atoms with Gasteiger partial charge in [0.05, 0.1) is 25.7 Å². The van der Waals surface area contributed by atoms with Crippen LogP contribution in [0.1, 0.15) is 19.8 Å². The molecule has 0 radical (unpaired) electrons. The molecule has 2 N–H and O–H groups in total. The first-order valence-corrected chi connectivity index (χ1v) is 11.1. The second kappa shape index (κ2) is 10.8. The Bertz CT molecular complexity index is 946. The molecule has 2 aromatic rings. The second-order valence-electron chi connectivity index (χ2n) is 6.68. The fraction of sp³-hybridized carbons (Fsp3) is 0.381. The molecule has 8 nitrogen and oxygen atoms in total. The van der Waals surface area contributed by atoms with Gasteiger partial charge < -0.3 is 20.1 Å². The van der Waals surface area contributed by atoms with Crippen molar-refractivity contribution in [3.05, 3.63) is 42.5 Å². The minimum absolute atomic E-state index is 0.0246. The molecule has 0 bridgehead atoms. The van der Waals surface area contributed by atoms with E-state index in [9.17, 15) is 13.2 Å². The first kappa shape index (κ1) is 23.5. The van der Waals surface area contributed by atoms with Crippen LogP contribution in [0, 0.1) is 0 Å². The van der Waals surface area contributed by atoms with Gasteiger partial charge in [-0.15, -0.1) is 0 Å². The first-order valence-electron chi connectivity index (χ1n) is 9.64. The minimum atomic E-state index is -3.51. The Morgan fingerprint density at radius 3 is 2.23 bits per heavy atom. The molecule has 0 aliphatic rings. The summed E-state index contributed by atoms with van der Waals surface area (Å²) in [6, 6.07) is 11.4. The van der Waals surface area contributed by atoms with Gasteiger partial charge in [-0.25, -0.2) is 12.7 Å². The number of rotatable bonds is 11. The standard InChI is InChI=1S/C21H29N3O5S/c1-5-6-13-24(2)30(26,27)18-10-7-16(8-11-18)22-15-21(25)23-17-9-12-19(28-3)20(14-17)29-4/h7-12,14,22H,5-6,13,15H2,1-4H3,(H,23,25). The number of benzene rings is 2. The van der Waals surface area contributed by atoms with Gasteiger partial charge in [-0.2, -0.15) is 0 Å². The molecule has 0 fully saturated rings. The summed E-state index contributed by atoms with van der Waals surface area (Å²) in [7, 11) is 1.14. The van der Waals surface area contributed by atoms with Gasteiger partial charge in [0.25, 0.3) is 0 Å². The molecule has 0 spiro atoms. The highest BCUT2D eigenvalue weighted by Crippen LogP contribution is 2.29. The molecule has 0 aliphatic carbocycles. The molecule has 0 aromatic heterocycles. The third-order valence-corrected chi connectivity index (χ3v) is 6.38. The lowest BCUT2D eigenvalue weighted by Gasteiger charge is -2.17. The zero-order valence-corrected chi connectivity index (χ0v) is 18.6.